The number of amidine groups is 1. The summed E-state index contributed by atoms with van der Waals surface area (Å²) in [5, 5.41) is 8.34. The Morgan fingerprint density at radius 2 is 1.79 bits per heavy atom. The summed E-state index contributed by atoms with van der Waals surface area (Å²) in [5.74, 6) is 1.03. The molecular weight excluding hydrogens is 234 g/mol. The molecule has 0 spiro atoms. The van der Waals surface area contributed by atoms with Crippen molar-refractivity contribution in [3.05, 3.63) is 35.4 Å². The van der Waals surface area contributed by atoms with Gasteiger partial charge in [-0.3, -0.25) is 0 Å². The van der Waals surface area contributed by atoms with Gasteiger partial charge in [-0.1, -0.05) is 52.0 Å². The fourth-order valence-electron chi connectivity index (χ4n) is 2.36. The van der Waals surface area contributed by atoms with Crippen LogP contribution in [-0.2, 0) is 5.41 Å². The summed E-state index contributed by atoms with van der Waals surface area (Å²) < 4.78 is 0. The Morgan fingerprint density at radius 3 is 2.32 bits per heavy atom. The molecule has 1 aromatic carbocycles. The molecular formula is C16H23N3. The number of benzene rings is 1. The van der Waals surface area contributed by atoms with Crippen LogP contribution in [0, 0.1) is 5.92 Å². The van der Waals surface area contributed by atoms with Crippen molar-refractivity contribution in [2.45, 2.75) is 46.0 Å². The molecule has 1 aliphatic heterocycles. The van der Waals surface area contributed by atoms with Crippen LogP contribution in [-0.4, -0.2) is 11.5 Å². The molecule has 0 amide bonds. The number of hydrogen-bond donors (Lipinski definition) is 1. The van der Waals surface area contributed by atoms with Crippen molar-refractivity contribution in [1.82, 2.24) is 0 Å². The van der Waals surface area contributed by atoms with Crippen LogP contribution < -0.4 is 5.73 Å². The third-order valence-corrected chi connectivity index (χ3v) is 3.67. The topological polar surface area (TPSA) is 50.7 Å². The van der Waals surface area contributed by atoms with Gasteiger partial charge in [0.15, 0.2) is 0 Å². The molecule has 0 saturated heterocycles. The lowest BCUT2D eigenvalue weighted by molar-refractivity contribution is 0.590. The molecule has 0 radical (unpaired) electrons. The Kier molecular flexibility index (Phi) is 3.74. The van der Waals surface area contributed by atoms with Gasteiger partial charge in [-0.15, -0.1) is 5.10 Å². The highest BCUT2D eigenvalue weighted by molar-refractivity contribution is 6.05. The molecule has 1 aromatic rings. The number of hydrogen-bond acceptors (Lipinski definition) is 3. The van der Waals surface area contributed by atoms with Crippen molar-refractivity contribution < 1.29 is 0 Å². The highest BCUT2D eigenvalue weighted by Crippen LogP contribution is 2.25. The summed E-state index contributed by atoms with van der Waals surface area (Å²) in [6.07, 6.45) is 1.85. The summed E-state index contributed by atoms with van der Waals surface area (Å²) in [4.78, 5) is 0. The quantitative estimate of drug-likeness (QED) is 0.866. The van der Waals surface area contributed by atoms with Crippen LogP contribution in [0.4, 0.5) is 0 Å². The molecule has 102 valence electrons. The molecule has 1 unspecified atom stereocenters. The first-order chi connectivity index (χ1) is 8.91. The van der Waals surface area contributed by atoms with Gasteiger partial charge in [-0.25, -0.2) is 0 Å². The van der Waals surface area contributed by atoms with Gasteiger partial charge in [0.2, 0.25) is 0 Å². The molecule has 3 nitrogen and oxygen atoms in total. The minimum Gasteiger partial charge on any atom is -0.386 e. The van der Waals surface area contributed by atoms with Gasteiger partial charge >= 0.3 is 0 Å². The Balaban J connectivity index is 2.32. The average molecular weight is 257 g/mol. The smallest absolute Gasteiger partial charge is 0.123 e. The molecule has 19 heavy (non-hydrogen) atoms. The standard InChI is InChI=1S/C16H23N3/c1-5-11-10-14(17)18-19-15(11)12-6-8-13(9-7-12)16(2,3)4/h6-9,11H,5,10H2,1-4H3,(H2,17,18). The Hall–Kier alpha value is -1.64. The molecule has 0 aromatic heterocycles. The molecule has 2 N–H and O–H groups in total. The van der Waals surface area contributed by atoms with Gasteiger partial charge in [0, 0.05) is 12.3 Å². The van der Waals surface area contributed by atoms with E-state index in [9.17, 15) is 0 Å². The van der Waals surface area contributed by atoms with Crippen LogP contribution in [0.3, 0.4) is 0 Å². The monoisotopic (exact) mass is 257 g/mol. The second-order valence-electron chi connectivity index (χ2n) is 6.21. The van der Waals surface area contributed by atoms with Crippen LogP contribution in [0.15, 0.2) is 34.5 Å². The van der Waals surface area contributed by atoms with Crippen molar-refractivity contribution in [2.24, 2.45) is 21.9 Å². The van der Waals surface area contributed by atoms with E-state index in [0.29, 0.717) is 11.8 Å². The zero-order valence-corrected chi connectivity index (χ0v) is 12.3. The molecule has 0 aliphatic carbocycles. The van der Waals surface area contributed by atoms with Crippen LogP contribution in [0.2, 0.25) is 0 Å². The molecule has 0 saturated carbocycles. The fourth-order valence-corrected chi connectivity index (χ4v) is 2.36. The van der Waals surface area contributed by atoms with Gasteiger partial charge in [-0.05, 0) is 23.0 Å². The highest BCUT2D eigenvalue weighted by Gasteiger charge is 2.22. The first kappa shape index (κ1) is 13.8. The van der Waals surface area contributed by atoms with Crippen molar-refractivity contribution in [3.8, 4) is 0 Å². The van der Waals surface area contributed by atoms with Gasteiger partial charge < -0.3 is 5.73 Å². The van der Waals surface area contributed by atoms with E-state index >= 15 is 0 Å². The van der Waals surface area contributed by atoms with Crippen LogP contribution in [0.5, 0.6) is 0 Å². The first-order valence-electron chi connectivity index (χ1n) is 6.92. The molecule has 0 fully saturated rings. The van der Waals surface area contributed by atoms with Crippen LogP contribution in [0.1, 0.15) is 51.7 Å². The lowest BCUT2D eigenvalue weighted by Crippen LogP contribution is -2.26. The van der Waals surface area contributed by atoms with E-state index in [1.807, 2.05) is 0 Å². The molecule has 0 bridgehead atoms. The second kappa shape index (κ2) is 5.16. The normalized spacial score (nSPS) is 19.9. The zero-order valence-electron chi connectivity index (χ0n) is 12.3. The molecule has 2 rings (SSSR count). The molecule has 1 heterocycles. The summed E-state index contributed by atoms with van der Waals surface area (Å²) in [5.41, 5.74) is 9.51. The van der Waals surface area contributed by atoms with Gasteiger partial charge in [-0.2, -0.15) is 5.10 Å². The third-order valence-electron chi connectivity index (χ3n) is 3.67. The van der Waals surface area contributed by atoms with E-state index in [-0.39, 0.29) is 5.41 Å². The third kappa shape index (κ3) is 3.03. The maximum atomic E-state index is 5.77. The summed E-state index contributed by atoms with van der Waals surface area (Å²) in [6, 6.07) is 8.68. The maximum Gasteiger partial charge on any atom is 0.123 e. The largest absolute Gasteiger partial charge is 0.386 e. The van der Waals surface area contributed by atoms with E-state index in [1.165, 1.54) is 5.56 Å². The highest BCUT2D eigenvalue weighted by atomic mass is 15.2. The molecule has 1 aliphatic rings. The SMILES string of the molecule is CCC1CC(N)=NN=C1c1ccc(C(C)(C)C)cc1. The van der Waals surface area contributed by atoms with E-state index in [4.69, 9.17) is 5.73 Å². The Bertz CT molecular complexity index is 504. The second-order valence-corrected chi connectivity index (χ2v) is 6.21. The fraction of sp³-hybridized carbons (Fsp3) is 0.500. The van der Waals surface area contributed by atoms with Crippen LogP contribution in [0.25, 0.3) is 0 Å². The van der Waals surface area contributed by atoms with Gasteiger partial charge in [0.1, 0.15) is 5.84 Å². The Morgan fingerprint density at radius 1 is 1.16 bits per heavy atom. The number of nitrogens with zero attached hydrogens (tertiary/aromatic N) is 2. The molecule has 1 atom stereocenters. The van der Waals surface area contributed by atoms with Crippen molar-refractivity contribution in [1.29, 1.82) is 0 Å². The Labute approximate surface area is 115 Å². The predicted molar refractivity (Wildman–Crippen MR) is 81.7 cm³/mol. The van der Waals surface area contributed by atoms with E-state index in [1.54, 1.807) is 0 Å². The lowest BCUT2D eigenvalue weighted by atomic mass is 9.85. The number of rotatable bonds is 2. The zero-order chi connectivity index (χ0) is 14.0. The minimum atomic E-state index is 0.180. The minimum absolute atomic E-state index is 0.180. The van der Waals surface area contributed by atoms with Gasteiger partial charge in [0.25, 0.3) is 0 Å². The average Bonchev–Trinajstić information content (AvgIpc) is 2.37. The number of nitrogens with two attached hydrogens (primary N) is 1. The first-order valence-corrected chi connectivity index (χ1v) is 6.92. The maximum absolute atomic E-state index is 5.77. The van der Waals surface area contributed by atoms with E-state index < -0.39 is 0 Å². The van der Waals surface area contributed by atoms with E-state index in [2.05, 4.69) is 62.2 Å². The summed E-state index contributed by atoms with van der Waals surface area (Å²) >= 11 is 0. The van der Waals surface area contributed by atoms with Crippen molar-refractivity contribution in [3.63, 3.8) is 0 Å². The predicted octanol–water partition coefficient (Wildman–Crippen LogP) is 3.48. The van der Waals surface area contributed by atoms with Crippen LogP contribution >= 0.6 is 0 Å². The lowest BCUT2D eigenvalue weighted by Gasteiger charge is -2.22. The van der Waals surface area contributed by atoms with Crippen molar-refractivity contribution in [2.75, 3.05) is 0 Å². The van der Waals surface area contributed by atoms with Gasteiger partial charge in [0.05, 0.1) is 5.71 Å². The molecule has 3 heteroatoms. The van der Waals surface area contributed by atoms with Crippen molar-refractivity contribution >= 4 is 11.5 Å². The van der Waals surface area contributed by atoms with E-state index in [0.717, 1.165) is 24.1 Å². The summed E-state index contributed by atoms with van der Waals surface area (Å²) in [7, 11) is 0. The summed E-state index contributed by atoms with van der Waals surface area (Å²) in [6.45, 7) is 8.84.